The van der Waals surface area contributed by atoms with E-state index in [1.165, 1.54) is 11.1 Å². The van der Waals surface area contributed by atoms with Crippen LogP contribution in [0, 0.1) is 13.8 Å². The van der Waals surface area contributed by atoms with Gasteiger partial charge < -0.3 is 15.7 Å². The highest BCUT2D eigenvalue weighted by Crippen LogP contribution is 2.29. The maximum absolute atomic E-state index is 9.38. The van der Waals surface area contributed by atoms with Crippen LogP contribution in [0.2, 0.25) is 0 Å². The summed E-state index contributed by atoms with van der Waals surface area (Å²) in [6.45, 7) is 5.88. The van der Waals surface area contributed by atoms with Gasteiger partial charge in [-0.3, -0.25) is 0 Å². The predicted molar refractivity (Wildman–Crippen MR) is 84.5 cm³/mol. The van der Waals surface area contributed by atoms with Crippen molar-refractivity contribution in [1.82, 2.24) is 9.97 Å². The summed E-state index contributed by atoms with van der Waals surface area (Å²) in [4.78, 5) is 11.1. The van der Waals surface area contributed by atoms with Crippen LogP contribution >= 0.6 is 0 Å². The van der Waals surface area contributed by atoms with Gasteiger partial charge in [0, 0.05) is 24.0 Å². The minimum Gasteiger partial charge on any atom is -0.394 e. The molecule has 3 rings (SSSR count). The van der Waals surface area contributed by atoms with Crippen LogP contribution in [0.25, 0.3) is 10.9 Å². The fraction of sp³-hybridized carbons (Fsp3) is 0.500. The number of rotatable bonds is 2. The van der Waals surface area contributed by atoms with E-state index < -0.39 is 5.54 Å². The van der Waals surface area contributed by atoms with E-state index in [-0.39, 0.29) is 6.61 Å². The number of anilines is 1. The Labute approximate surface area is 124 Å². The molecule has 2 aromatic rings. The number of aliphatic hydroxyl groups excluding tert-OH is 1. The van der Waals surface area contributed by atoms with Crippen molar-refractivity contribution >= 4 is 16.7 Å². The molecule has 1 saturated heterocycles. The molecule has 2 heterocycles. The zero-order chi connectivity index (χ0) is 15.0. The van der Waals surface area contributed by atoms with Gasteiger partial charge in [-0.05, 0) is 49.9 Å². The van der Waals surface area contributed by atoms with Crippen molar-refractivity contribution in [2.75, 3.05) is 24.6 Å². The molecule has 0 amide bonds. The average Bonchev–Trinajstić information content (AvgIpc) is 2.49. The second kappa shape index (κ2) is 5.24. The van der Waals surface area contributed by atoms with Gasteiger partial charge in [0.25, 0.3) is 0 Å². The molecule has 21 heavy (non-hydrogen) atoms. The number of nitrogens with zero attached hydrogens (tertiary/aromatic N) is 3. The van der Waals surface area contributed by atoms with Crippen LogP contribution in [-0.2, 0) is 0 Å². The first kappa shape index (κ1) is 14.2. The predicted octanol–water partition coefficient (Wildman–Crippen LogP) is 1.54. The van der Waals surface area contributed by atoms with Crippen LogP contribution in [0.4, 0.5) is 5.82 Å². The summed E-state index contributed by atoms with van der Waals surface area (Å²) >= 11 is 0. The van der Waals surface area contributed by atoms with Crippen LogP contribution < -0.4 is 10.6 Å². The zero-order valence-corrected chi connectivity index (χ0v) is 12.6. The number of fused-ring (bicyclic) bond motifs is 1. The molecule has 0 spiro atoms. The van der Waals surface area contributed by atoms with Crippen molar-refractivity contribution in [2.45, 2.75) is 32.2 Å². The number of hydrogen-bond donors (Lipinski definition) is 2. The van der Waals surface area contributed by atoms with Gasteiger partial charge in [0.15, 0.2) is 0 Å². The molecule has 0 atom stereocenters. The molecule has 5 nitrogen and oxygen atoms in total. The average molecular weight is 286 g/mol. The Balaban J connectivity index is 1.96. The van der Waals surface area contributed by atoms with Gasteiger partial charge in [0.1, 0.15) is 12.1 Å². The van der Waals surface area contributed by atoms with E-state index in [0.717, 1.165) is 42.7 Å². The van der Waals surface area contributed by atoms with Gasteiger partial charge in [0.2, 0.25) is 0 Å². The molecular weight excluding hydrogens is 264 g/mol. The molecule has 3 N–H and O–H groups in total. The van der Waals surface area contributed by atoms with Crippen LogP contribution in [0.1, 0.15) is 24.0 Å². The topological polar surface area (TPSA) is 75.3 Å². The maximum atomic E-state index is 9.38. The number of hydrogen-bond acceptors (Lipinski definition) is 5. The molecule has 0 unspecified atom stereocenters. The third kappa shape index (κ3) is 2.59. The summed E-state index contributed by atoms with van der Waals surface area (Å²) in [5.74, 6) is 0.975. The Morgan fingerprint density at radius 3 is 2.52 bits per heavy atom. The first-order chi connectivity index (χ1) is 10.0. The van der Waals surface area contributed by atoms with Gasteiger partial charge in [-0.25, -0.2) is 9.97 Å². The minimum atomic E-state index is -0.439. The van der Waals surface area contributed by atoms with Crippen molar-refractivity contribution in [2.24, 2.45) is 5.73 Å². The highest BCUT2D eigenvalue weighted by atomic mass is 16.3. The van der Waals surface area contributed by atoms with Crippen molar-refractivity contribution in [3.63, 3.8) is 0 Å². The van der Waals surface area contributed by atoms with E-state index in [2.05, 4.69) is 40.8 Å². The van der Waals surface area contributed by atoms with Gasteiger partial charge >= 0.3 is 0 Å². The molecule has 1 aromatic heterocycles. The fourth-order valence-electron chi connectivity index (χ4n) is 2.88. The second-order valence-corrected chi connectivity index (χ2v) is 6.16. The van der Waals surface area contributed by atoms with Crippen LogP contribution in [0.3, 0.4) is 0 Å². The number of aromatic nitrogens is 2. The third-order valence-electron chi connectivity index (χ3n) is 4.60. The lowest BCUT2D eigenvalue weighted by Crippen LogP contribution is -2.53. The monoisotopic (exact) mass is 286 g/mol. The quantitative estimate of drug-likeness (QED) is 0.876. The second-order valence-electron chi connectivity index (χ2n) is 6.16. The van der Waals surface area contributed by atoms with Crippen molar-refractivity contribution < 1.29 is 5.11 Å². The lowest BCUT2D eigenvalue weighted by molar-refractivity contribution is 0.170. The van der Waals surface area contributed by atoms with Crippen LogP contribution in [0.5, 0.6) is 0 Å². The molecule has 1 aliphatic rings. The number of nitrogens with two attached hydrogens (primary N) is 1. The number of aliphatic hydroxyl groups is 1. The summed E-state index contributed by atoms with van der Waals surface area (Å²) in [5.41, 5.74) is 9.18. The normalized spacial score (nSPS) is 18.2. The van der Waals surface area contributed by atoms with E-state index in [0.29, 0.717) is 0 Å². The fourth-order valence-corrected chi connectivity index (χ4v) is 2.88. The van der Waals surface area contributed by atoms with Gasteiger partial charge in [-0.15, -0.1) is 0 Å². The SMILES string of the molecule is Cc1cc2ncnc(N3CCC(N)(CO)CC3)c2cc1C. The Morgan fingerprint density at radius 2 is 1.86 bits per heavy atom. The minimum absolute atomic E-state index is 0.0453. The molecule has 1 fully saturated rings. The van der Waals surface area contributed by atoms with E-state index in [4.69, 9.17) is 5.73 Å². The van der Waals surface area contributed by atoms with E-state index >= 15 is 0 Å². The molecular formula is C16H22N4O. The van der Waals surface area contributed by atoms with Crippen LogP contribution in [0.15, 0.2) is 18.5 Å². The highest BCUT2D eigenvalue weighted by molar-refractivity contribution is 5.90. The van der Waals surface area contributed by atoms with Gasteiger partial charge in [-0.2, -0.15) is 0 Å². The number of benzene rings is 1. The van der Waals surface area contributed by atoms with E-state index in [9.17, 15) is 5.11 Å². The van der Waals surface area contributed by atoms with E-state index in [1.54, 1.807) is 6.33 Å². The van der Waals surface area contributed by atoms with Gasteiger partial charge in [0.05, 0.1) is 12.1 Å². The molecule has 5 heteroatoms. The summed E-state index contributed by atoms with van der Waals surface area (Å²) in [5, 5.41) is 10.5. The molecule has 112 valence electrons. The molecule has 0 radical (unpaired) electrons. The number of piperidine rings is 1. The molecule has 0 saturated carbocycles. The first-order valence-electron chi connectivity index (χ1n) is 7.39. The Hall–Kier alpha value is -1.72. The lowest BCUT2D eigenvalue weighted by atomic mass is 9.89. The third-order valence-corrected chi connectivity index (χ3v) is 4.60. The zero-order valence-electron chi connectivity index (χ0n) is 12.6. The maximum Gasteiger partial charge on any atom is 0.139 e. The summed E-state index contributed by atoms with van der Waals surface area (Å²) in [7, 11) is 0. The Bertz CT molecular complexity index is 663. The highest BCUT2D eigenvalue weighted by Gasteiger charge is 2.30. The first-order valence-corrected chi connectivity index (χ1v) is 7.39. The molecule has 1 aliphatic heterocycles. The van der Waals surface area contributed by atoms with Crippen LogP contribution in [-0.4, -0.2) is 40.3 Å². The van der Waals surface area contributed by atoms with Crippen molar-refractivity contribution in [3.05, 3.63) is 29.6 Å². The van der Waals surface area contributed by atoms with E-state index in [1.807, 2.05) is 0 Å². The number of aryl methyl sites for hydroxylation is 2. The lowest BCUT2D eigenvalue weighted by Gasteiger charge is -2.38. The largest absolute Gasteiger partial charge is 0.394 e. The Morgan fingerprint density at radius 1 is 1.19 bits per heavy atom. The van der Waals surface area contributed by atoms with Crippen molar-refractivity contribution in [3.8, 4) is 0 Å². The summed E-state index contributed by atoms with van der Waals surface area (Å²) in [6.07, 6.45) is 3.18. The summed E-state index contributed by atoms with van der Waals surface area (Å²) in [6, 6.07) is 4.27. The Kier molecular flexibility index (Phi) is 3.55. The smallest absolute Gasteiger partial charge is 0.139 e. The van der Waals surface area contributed by atoms with Gasteiger partial charge in [-0.1, -0.05) is 0 Å². The molecule has 1 aromatic carbocycles. The molecule has 0 aliphatic carbocycles. The molecule has 0 bridgehead atoms. The standard InChI is InChI=1S/C16H22N4O/c1-11-7-13-14(8-12(11)2)18-10-19-15(13)20-5-3-16(17,9-21)4-6-20/h7-8,10,21H,3-6,9,17H2,1-2H3. The summed E-state index contributed by atoms with van der Waals surface area (Å²) < 4.78 is 0. The van der Waals surface area contributed by atoms with Crippen molar-refractivity contribution in [1.29, 1.82) is 0 Å².